The third-order valence-electron chi connectivity index (χ3n) is 5.24. The molecule has 2 fully saturated rings. The highest BCUT2D eigenvalue weighted by Crippen LogP contribution is 2.35. The van der Waals surface area contributed by atoms with Gasteiger partial charge in [-0.05, 0) is 36.3 Å². The van der Waals surface area contributed by atoms with Gasteiger partial charge in [0.15, 0.2) is 5.96 Å². The van der Waals surface area contributed by atoms with E-state index in [1.807, 2.05) is 25.2 Å². The quantitative estimate of drug-likeness (QED) is 0.385. The van der Waals surface area contributed by atoms with Crippen LogP contribution in [0.25, 0.3) is 0 Å². The van der Waals surface area contributed by atoms with Gasteiger partial charge in [0.05, 0.1) is 11.9 Å². The highest BCUT2D eigenvalue weighted by Gasteiger charge is 2.35. The van der Waals surface area contributed by atoms with E-state index in [4.69, 9.17) is 0 Å². The van der Waals surface area contributed by atoms with Crippen molar-refractivity contribution in [2.75, 3.05) is 31.1 Å². The van der Waals surface area contributed by atoms with Crippen LogP contribution in [0.5, 0.6) is 0 Å². The Morgan fingerprint density at radius 1 is 1.19 bits per heavy atom. The number of hydrogen-bond acceptors (Lipinski definition) is 3. The summed E-state index contributed by atoms with van der Waals surface area (Å²) in [6.45, 7) is 2.69. The molecule has 1 aromatic carbocycles. The van der Waals surface area contributed by atoms with Gasteiger partial charge in [0.2, 0.25) is 10.0 Å². The van der Waals surface area contributed by atoms with Crippen LogP contribution in [0, 0.1) is 11.8 Å². The fraction of sp³-hybridized carbons (Fsp3) is 0.611. The standard InChI is InChI=1S/C18H28N4O2S.HI/c1-19-18(22-12-15-8-3-4-9-16(15)13-22)20-11-14-7-5-6-10-17(14)21-25(2,23)24;/h5-7,10,15-16,21H,3-4,8-9,11-13H2,1-2H3,(H,19,20);1H. The minimum Gasteiger partial charge on any atom is -0.352 e. The molecule has 3 rings (SSSR count). The summed E-state index contributed by atoms with van der Waals surface area (Å²) < 4.78 is 25.7. The number of likely N-dealkylation sites (tertiary alicyclic amines) is 1. The molecule has 26 heavy (non-hydrogen) atoms. The molecule has 1 saturated heterocycles. The van der Waals surface area contributed by atoms with Crippen LogP contribution in [-0.4, -0.2) is 45.7 Å². The summed E-state index contributed by atoms with van der Waals surface area (Å²) in [7, 11) is -1.48. The number of halogens is 1. The second-order valence-corrected chi connectivity index (χ2v) is 8.89. The molecule has 1 aliphatic carbocycles. The molecule has 8 heteroatoms. The zero-order valence-corrected chi connectivity index (χ0v) is 18.6. The van der Waals surface area contributed by atoms with Crippen LogP contribution in [0.3, 0.4) is 0 Å². The predicted molar refractivity (Wildman–Crippen MR) is 118 cm³/mol. The van der Waals surface area contributed by atoms with Gasteiger partial charge >= 0.3 is 0 Å². The van der Waals surface area contributed by atoms with E-state index in [0.29, 0.717) is 12.2 Å². The molecule has 0 amide bonds. The normalized spacial score (nSPS) is 23.2. The summed E-state index contributed by atoms with van der Waals surface area (Å²) in [5.41, 5.74) is 1.52. The van der Waals surface area contributed by atoms with Crippen LogP contribution in [0.15, 0.2) is 29.3 Å². The summed E-state index contributed by atoms with van der Waals surface area (Å²) in [5, 5.41) is 3.40. The maximum atomic E-state index is 11.5. The van der Waals surface area contributed by atoms with Gasteiger partial charge in [-0.2, -0.15) is 0 Å². The maximum absolute atomic E-state index is 11.5. The number of hydrogen-bond donors (Lipinski definition) is 2. The number of anilines is 1. The smallest absolute Gasteiger partial charge is 0.229 e. The molecule has 2 N–H and O–H groups in total. The third kappa shape index (κ3) is 5.48. The van der Waals surface area contributed by atoms with Crippen molar-refractivity contribution in [2.24, 2.45) is 16.8 Å². The summed E-state index contributed by atoms with van der Waals surface area (Å²) in [5.74, 6) is 2.50. The zero-order chi connectivity index (χ0) is 17.9. The van der Waals surface area contributed by atoms with Gasteiger partial charge in [-0.3, -0.25) is 9.71 Å². The number of nitrogens with one attached hydrogen (secondary N) is 2. The number of nitrogens with zero attached hydrogens (tertiary/aromatic N) is 2. The fourth-order valence-corrected chi connectivity index (χ4v) is 4.66. The van der Waals surface area contributed by atoms with Crippen molar-refractivity contribution in [1.82, 2.24) is 10.2 Å². The summed E-state index contributed by atoms with van der Waals surface area (Å²) in [6, 6.07) is 7.46. The van der Waals surface area contributed by atoms with Crippen molar-refractivity contribution in [2.45, 2.75) is 32.2 Å². The first-order valence-corrected chi connectivity index (χ1v) is 10.9. The molecule has 2 atom stereocenters. The molecule has 0 radical (unpaired) electrons. The fourth-order valence-electron chi connectivity index (χ4n) is 4.06. The van der Waals surface area contributed by atoms with Crippen molar-refractivity contribution in [3.63, 3.8) is 0 Å². The molecule has 2 aliphatic rings. The van der Waals surface area contributed by atoms with Gasteiger partial charge in [0, 0.05) is 26.7 Å². The second-order valence-electron chi connectivity index (χ2n) is 7.14. The largest absolute Gasteiger partial charge is 0.352 e. The minimum absolute atomic E-state index is 0. The van der Waals surface area contributed by atoms with Crippen LogP contribution < -0.4 is 10.0 Å². The van der Waals surface area contributed by atoms with Crippen LogP contribution >= 0.6 is 24.0 Å². The average Bonchev–Trinajstić information content (AvgIpc) is 2.99. The van der Waals surface area contributed by atoms with E-state index in [2.05, 4.69) is 19.9 Å². The van der Waals surface area contributed by atoms with E-state index in [0.717, 1.165) is 36.4 Å². The van der Waals surface area contributed by atoms with Gasteiger partial charge in [0.25, 0.3) is 0 Å². The molecule has 0 bridgehead atoms. The maximum Gasteiger partial charge on any atom is 0.229 e. The summed E-state index contributed by atoms with van der Waals surface area (Å²) in [6.07, 6.45) is 6.54. The lowest BCUT2D eigenvalue weighted by molar-refractivity contribution is 0.299. The first kappa shape index (κ1) is 21.3. The zero-order valence-electron chi connectivity index (χ0n) is 15.4. The summed E-state index contributed by atoms with van der Waals surface area (Å²) in [4.78, 5) is 6.79. The highest BCUT2D eigenvalue weighted by molar-refractivity contribution is 14.0. The van der Waals surface area contributed by atoms with Gasteiger partial charge in [-0.1, -0.05) is 31.0 Å². The van der Waals surface area contributed by atoms with E-state index < -0.39 is 10.0 Å². The number of guanidine groups is 1. The van der Waals surface area contributed by atoms with Crippen molar-refractivity contribution in [1.29, 1.82) is 0 Å². The first-order valence-electron chi connectivity index (χ1n) is 8.97. The Morgan fingerprint density at radius 3 is 2.38 bits per heavy atom. The number of benzene rings is 1. The topological polar surface area (TPSA) is 73.8 Å². The molecule has 1 heterocycles. The van der Waals surface area contributed by atoms with E-state index in [1.165, 1.54) is 31.9 Å². The van der Waals surface area contributed by atoms with Crippen molar-refractivity contribution < 1.29 is 8.42 Å². The number of sulfonamides is 1. The van der Waals surface area contributed by atoms with Gasteiger partial charge < -0.3 is 10.2 Å². The van der Waals surface area contributed by atoms with Crippen LogP contribution in [0.2, 0.25) is 0 Å². The van der Waals surface area contributed by atoms with Crippen molar-refractivity contribution in [3.05, 3.63) is 29.8 Å². The molecule has 0 spiro atoms. The van der Waals surface area contributed by atoms with Gasteiger partial charge in [-0.15, -0.1) is 24.0 Å². The lowest BCUT2D eigenvalue weighted by atomic mass is 9.82. The van der Waals surface area contributed by atoms with E-state index in [9.17, 15) is 8.42 Å². The number of para-hydroxylation sites is 1. The Balaban J connectivity index is 0.00000243. The number of rotatable bonds is 4. The highest BCUT2D eigenvalue weighted by atomic mass is 127. The van der Waals surface area contributed by atoms with E-state index in [-0.39, 0.29) is 24.0 Å². The molecule has 2 unspecified atom stereocenters. The lowest BCUT2D eigenvalue weighted by Crippen LogP contribution is -2.40. The summed E-state index contributed by atoms with van der Waals surface area (Å²) >= 11 is 0. The average molecular weight is 492 g/mol. The van der Waals surface area contributed by atoms with Gasteiger partial charge in [0.1, 0.15) is 0 Å². The molecule has 1 aliphatic heterocycles. The van der Waals surface area contributed by atoms with Crippen LogP contribution in [0.1, 0.15) is 31.2 Å². The predicted octanol–water partition coefficient (Wildman–Crippen LogP) is 2.87. The lowest BCUT2D eigenvalue weighted by Gasteiger charge is -2.22. The number of aliphatic imine (C=N–C) groups is 1. The molecular formula is C18H29IN4O2S. The van der Waals surface area contributed by atoms with Crippen molar-refractivity contribution >= 4 is 45.6 Å². The Kier molecular flexibility index (Phi) is 7.57. The Labute approximate surface area is 173 Å². The Hall–Kier alpha value is -1.03. The Bertz CT molecular complexity index is 724. The second kappa shape index (κ2) is 9.25. The monoisotopic (exact) mass is 492 g/mol. The molecule has 146 valence electrons. The molecule has 1 aromatic rings. The minimum atomic E-state index is -3.29. The van der Waals surface area contributed by atoms with Crippen LogP contribution in [0.4, 0.5) is 5.69 Å². The number of fused-ring (bicyclic) bond motifs is 1. The van der Waals surface area contributed by atoms with Crippen LogP contribution in [-0.2, 0) is 16.6 Å². The van der Waals surface area contributed by atoms with Gasteiger partial charge in [-0.25, -0.2) is 8.42 Å². The molecule has 1 saturated carbocycles. The van der Waals surface area contributed by atoms with Crippen molar-refractivity contribution in [3.8, 4) is 0 Å². The third-order valence-corrected chi connectivity index (χ3v) is 5.83. The molecule has 0 aromatic heterocycles. The SMILES string of the molecule is CN=C(NCc1ccccc1NS(C)(=O)=O)N1CC2CCCCC2C1.I. The molecular weight excluding hydrogens is 463 g/mol. The Morgan fingerprint density at radius 2 is 1.81 bits per heavy atom. The first-order chi connectivity index (χ1) is 12.0. The van der Waals surface area contributed by atoms with E-state index in [1.54, 1.807) is 6.07 Å². The molecule has 6 nitrogen and oxygen atoms in total. The van der Waals surface area contributed by atoms with E-state index >= 15 is 0 Å².